The molecule has 5 nitrogen and oxygen atoms in total. The van der Waals surface area contributed by atoms with Crippen molar-refractivity contribution < 1.29 is 17.6 Å². The van der Waals surface area contributed by atoms with E-state index in [-0.39, 0.29) is 5.56 Å². The number of alkyl halides is 2. The van der Waals surface area contributed by atoms with Gasteiger partial charge in [0, 0.05) is 18.8 Å². The highest BCUT2D eigenvalue weighted by molar-refractivity contribution is 5.53. The second kappa shape index (κ2) is 7.51. The van der Waals surface area contributed by atoms with Gasteiger partial charge < -0.3 is 5.84 Å². The summed E-state index contributed by atoms with van der Waals surface area (Å²) in [6, 6.07) is 5.30. The van der Waals surface area contributed by atoms with Crippen molar-refractivity contribution in [1.82, 2.24) is 9.99 Å². The second-order valence-electron chi connectivity index (χ2n) is 6.55. The molecule has 0 saturated heterocycles. The highest BCUT2D eigenvalue weighted by Gasteiger charge is 2.45. The topological polar surface area (TPSA) is 80.5 Å². The van der Waals surface area contributed by atoms with E-state index in [1.165, 1.54) is 12.3 Å². The molecule has 1 aromatic heterocycles. The van der Waals surface area contributed by atoms with Gasteiger partial charge in [-0.15, -0.1) is 0 Å². The first-order chi connectivity index (χ1) is 12.8. The van der Waals surface area contributed by atoms with Crippen LogP contribution in [-0.2, 0) is 5.92 Å². The number of pyridine rings is 1. The average molecular weight is 381 g/mol. The van der Waals surface area contributed by atoms with E-state index in [4.69, 9.17) is 11.7 Å². The molecule has 1 unspecified atom stereocenters. The number of aromatic nitrogens is 1. The summed E-state index contributed by atoms with van der Waals surface area (Å²) in [7, 11) is 0. The lowest BCUT2D eigenvalue weighted by Gasteiger charge is -2.29. The van der Waals surface area contributed by atoms with Gasteiger partial charge in [0.25, 0.3) is 5.92 Å². The molecule has 1 aliphatic carbocycles. The minimum Gasteiger partial charge on any atom is -0.322 e. The number of benzene rings is 1. The lowest BCUT2D eigenvalue weighted by Crippen LogP contribution is -2.40. The van der Waals surface area contributed by atoms with Gasteiger partial charge in [-0.05, 0) is 42.0 Å². The fourth-order valence-corrected chi connectivity index (χ4v) is 2.98. The highest BCUT2D eigenvalue weighted by Crippen LogP contribution is 2.44. The lowest BCUT2D eigenvalue weighted by molar-refractivity contribution is -0.0443. The zero-order valence-corrected chi connectivity index (χ0v) is 14.3. The Labute approximate surface area is 153 Å². The van der Waals surface area contributed by atoms with Crippen LogP contribution in [0, 0.1) is 11.6 Å². The van der Waals surface area contributed by atoms with Crippen LogP contribution in [0.3, 0.4) is 0 Å². The Morgan fingerprint density at radius 2 is 2.00 bits per heavy atom. The van der Waals surface area contributed by atoms with E-state index in [0.29, 0.717) is 12.0 Å². The fourth-order valence-electron chi connectivity index (χ4n) is 2.98. The number of hydrazine groups is 1. The summed E-state index contributed by atoms with van der Waals surface area (Å²) < 4.78 is 58.0. The van der Waals surface area contributed by atoms with Crippen molar-refractivity contribution >= 4 is 6.34 Å². The van der Waals surface area contributed by atoms with Crippen molar-refractivity contribution in [2.24, 2.45) is 16.8 Å². The van der Waals surface area contributed by atoms with Gasteiger partial charge in [0.05, 0.1) is 5.92 Å². The average Bonchev–Trinajstić information content (AvgIpc) is 3.46. The van der Waals surface area contributed by atoms with Crippen molar-refractivity contribution in [2.75, 3.05) is 6.54 Å². The first-order valence-electron chi connectivity index (χ1n) is 8.36. The van der Waals surface area contributed by atoms with Crippen LogP contribution in [0.25, 0.3) is 0 Å². The fraction of sp³-hybridized carbons (Fsp3) is 0.333. The Morgan fingerprint density at radius 1 is 1.26 bits per heavy atom. The predicted octanol–water partition coefficient (Wildman–Crippen LogP) is 3.19. The molecule has 4 N–H and O–H groups in total. The van der Waals surface area contributed by atoms with E-state index in [9.17, 15) is 8.78 Å². The van der Waals surface area contributed by atoms with Crippen molar-refractivity contribution in [3.8, 4) is 0 Å². The number of halogens is 4. The molecule has 2 aromatic rings. The summed E-state index contributed by atoms with van der Waals surface area (Å²) in [6.45, 7) is -0.512. The van der Waals surface area contributed by atoms with Gasteiger partial charge in [0.1, 0.15) is 23.7 Å². The van der Waals surface area contributed by atoms with Gasteiger partial charge >= 0.3 is 0 Å². The Hall–Kier alpha value is -2.68. The van der Waals surface area contributed by atoms with Crippen LogP contribution in [0.1, 0.15) is 41.5 Å². The molecule has 1 fully saturated rings. The van der Waals surface area contributed by atoms with Gasteiger partial charge in [-0.1, -0.05) is 12.1 Å². The molecule has 0 bridgehead atoms. The number of rotatable bonds is 7. The van der Waals surface area contributed by atoms with E-state index in [0.717, 1.165) is 41.9 Å². The van der Waals surface area contributed by atoms with E-state index >= 15 is 8.78 Å². The maximum Gasteiger partial charge on any atom is 0.298 e. The molecule has 27 heavy (non-hydrogen) atoms. The third-order valence-corrected chi connectivity index (χ3v) is 4.56. The van der Waals surface area contributed by atoms with Crippen molar-refractivity contribution in [2.45, 2.75) is 30.6 Å². The summed E-state index contributed by atoms with van der Waals surface area (Å²) in [4.78, 5) is 3.89. The molecular formula is C18H19F4N5. The quantitative estimate of drug-likeness (QED) is 0.254. The molecule has 1 aliphatic rings. The molecule has 1 atom stereocenters. The Balaban J connectivity index is 1.98. The van der Waals surface area contributed by atoms with Crippen molar-refractivity contribution in [1.29, 1.82) is 0 Å². The molecule has 0 amide bonds. The maximum atomic E-state index is 15.3. The van der Waals surface area contributed by atoms with Crippen molar-refractivity contribution in [3.63, 3.8) is 0 Å². The summed E-state index contributed by atoms with van der Waals surface area (Å²) in [5.74, 6) is 3.70. The number of hydrazone groups is 1. The smallest absolute Gasteiger partial charge is 0.298 e. The van der Waals surface area contributed by atoms with E-state index < -0.39 is 35.7 Å². The molecule has 1 heterocycles. The van der Waals surface area contributed by atoms with Gasteiger partial charge in [-0.3, -0.25) is 9.99 Å². The molecule has 1 saturated carbocycles. The maximum absolute atomic E-state index is 15.3. The van der Waals surface area contributed by atoms with Crippen LogP contribution < -0.4 is 11.7 Å². The first-order valence-corrected chi connectivity index (χ1v) is 8.36. The van der Waals surface area contributed by atoms with Crippen LogP contribution in [0.15, 0.2) is 41.6 Å². The third-order valence-electron chi connectivity index (χ3n) is 4.56. The molecule has 0 aliphatic heterocycles. The number of nitrogens with two attached hydrogens (primary N) is 2. The highest BCUT2D eigenvalue weighted by atomic mass is 19.3. The zero-order valence-electron chi connectivity index (χ0n) is 14.3. The van der Waals surface area contributed by atoms with Crippen molar-refractivity contribution in [3.05, 3.63) is 65.0 Å². The number of nitrogens with zero attached hydrogens (tertiary/aromatic N) is 3. The van der Waals surface area contributed by atoms with Crippen LogP contribution in [0.2, 0.25) is 0 Å². The largest absolute Gasteiger partial charge is 0.322 e. The number of hydrogen-bond acceptors (Lipinski definition) is 4. The monoisotopic (exact) mass is 381 g/mol. The summed E-state index contributed by atoms with van der Waals surface area (Å²) >= 11 is 0. The molecule has 9 heteroatoms. The summed E-state index contributed by atoms with van der Waals surface area (Å²) in [5.41, 5.74) is 0.00355. The minimum atomic E-state index is -3.57. The van der Waals surface area contributed by atoms with Crippen LogP contribution >= 0.6 is 0 Å². The van der Waals surface area contributed by atoms with Gasteiger partial charge in [0.15, 0.2) is 0 Å². The summed E-state index contributed by atoms with van der Waals surface area (Å²) in [5, 5.41) is 3.99. The van der Waals surface area contributed by atoms with E-state index in [1.54, 1.807) is 6.07 Å². The molecule has 144 valence electrons. The first kappa shape index (κ1) is 19.1. The van der Waals surface area contributed by atoms with Crippen LogP contribution in [-0.4, -0.2) is 22.9 Å². The zero-order chi connectivity index (χ0) is 19.6. The SMILES string of the molecule is N/N=C\N(N)CC(c1ccc(F)cc1F)C(F)(F)c1ccc(C2CC2)cn1. The van der Waals surface area contributed by atoms with E-state index in [2.05, 4.69) is 10.1 Å². The van der Waals surface area contributed by atoms with Gasteiger partial charge in [-0.25, -0.2) is 14.6 Å². The summed E-state index contributed by atoms with van der Waals surface area (Å²) in [6.07, 6.45) is 4.39. The van der Waals surface area contributed by atoms with Crippen LogP contribution in [0.5, 0.6) is 0 Å². The molecule has 0 spiro atoms. The molecule has 1 aromatic carbocycles. The second-order valence-corrected chi connectivity index (χ2v) is 6.55. The van der Waals surface area contributed by atoms with Crippen LogP contribution in [0.4, 0.5) is 17.6 Å². The Bertz CT molecular complexity index is 821. The standard InChI is InChI=1S/C18H19F4N5/c19-13-4-5-14(16(20)7-13)15(9-27(24)10-26-23)18(21,22)17-6-3-12(8-25-17)11-1-2-11/h3-8,10-11,15H,1-2,9,23-24H2/b26-10-. The number of hydrogen-bond donors (Lipinski definition) is 2. The minimum absolute atomic E-state index is 0.366. The lowest BCUT2D eigenvalue weighted by atomic mass is 9.89. The third kappa shape index (κ3) is 4.19. The normalized spacial score (nSPS) is 15.9. The van der Waals surface area contributed by atoms with Gasteiger partial charge in [-0.2, -0.15) is 13.9 Å². The Kier molecular flexibility index (Phi) is 5.31. The Morgan fingerprint density at radius 3 is 2.56 bits per heavy atom. The molecule has 0 radical (unpaired) electrons. The van der Waals surface area contributed by atoms with E-state index in [1.807, 2.05) is 0 Å². The predicted molar refractivity (Wildman–Crippen MR) is 92.8 cm³/mol. The molecular weight excluding hydrogens is 362 g/mol. The van der Waals surface area contributed by atoms with Gasteiger partial charge in [0.2, 0.25) is 0 Å². The molecule has 3 rings (SSSR count).